The highest BCUT2D eigenvalue weighted by atomic mass is 32.1. The molecule has 0 unspecified atom stereocenters. The Morgan fingerprint density at radius 3 is 2.71 bits per heavy atom. The van der Waals surface area contributed by atoms with Gasteiger partial charge in [0.2, 0.25) is 0 Å². The molecule has 0 aliphatic carbocycles. The highest BCUT2D eigenvalue weighted by Crippen LogP contribution is 2.07. The first-order valence-corrected chi connectivity index (χ1v) is 9.15. The Balaban J connectivity index is 1.44. The molecule has 1 N–H and O–H groups in total. The van der Waals surface area contributed by atoms with Crippen LogP contribution in [0.1, 0.15) is 20.9 Å². The Labute approximate surface area is 164 Å². The molecule has 0 spiro atoms. The molecule has 8 nitrogen and oxygen atoms in total. The minimum Gasteiger partial charge on any atom is -0.452 e. The number of nitrogens with one attached hydrogen (secondary N) is 1. The summed E-state index contributed by atoms with van der Waals surface area (Å²) in [5.74, 6) is -1.95. The normalized spacial score (nSPS) is 10.7. The summed E-state index contributed by atoms with van der Waals surface area (Å²) in [7, 11) is 0. The van der Waals surface area contributed by atoms with Gasteiger partial charge in [-0.2, -0.15) is 0 Å². The Kier molecular flexibility index (Phi) is 6.42. The first kappa shape index (κ1) is 19.2. The quantitative estimate of drug-likeness (QED) is 0.483. The smallest absolute Gasteiger partial charge is 0.331 e. The molecule has 142 valence electrons. The van der Waals surface area contributed by atoms with Crippen LogP contribution in [-0.2, 0) is 20.9 Å². The summed E-state index contributed by atoms with van der Waals surface area (Å²) in [5, 5.41) is 11.8. The lowest BCUT2D eigenvalue weighted by Crippen LogP contribution is -2.33. The van der Waals surface area contributed by atoms with E-state index in [1.165, 1.54) is 17.4 Å². The van der Waals surface area contributed by atoms with Crippen LogP contribution in [0.5, 0.6) is 0 Å². The van der Waals surface area contributed by atoms with Crippen molar-refractivity contribution in [1.29, 1.82) is 0 Å². The minimum absolute atomic E-state index is 0.401. The molecule has 0 aliphatic heterocycles. The fraction of sp³-hybridized carbons (Fsp3) is 0.105. The third-order valence-corrected chi connectivity index (χ3v) is 4.35. The maximum absolute atomic E-state index is 11.7. The van der Waals surface area contributed by atoms with Crippen LogP contribution in [0.3, 0.4) is 0 Å². The van der Waals surface area contributed by atoms with E-state index >= 15 is 0 Å². The maximum Gasteiger partial charge on any atom is 0.331 e. The monoisotopic (exact) mass is 396 g/mol. The Hall–Kier alpha value is -3.59. The van der Waals surface area contributed by atoms with Gasteiger partial charge >= 0.3 is 5.97 Å². The number of aromatic nitrogens is 3. The van der Waals surface area contributed by atoms with E-state index in [0.717, 1.165) is 11.6 Å². The van der Waals surface area contributed by atoms with Gasteiger partial charge in [0, 0.05) is 6.08 Å². The fourth-order valence-corrected chi connectivity index (χ4v) is 2.83. The number of imide groups is 1. The van der Waals surface area contributed by atoms with Crippen molar-refractivity contribution in [3.63, 3.8) is 0 Å². The number of ether oxygens (including phenoxy) is 1. The number of benzene rings is 1. The van der Waals surface area contributed by atoms with Gasteiger partial charge in [0.25, 0.3) is 11.8 Å². The van der Waals surface area contributed by atoms with Crippen molar-refractivity contribution >= 4 is 35.2 Å². The number of carbonyl (C=O) groups excluding carboxylic acids is 3. The molecule has 3 rings (SSSR count). The largest absolute Gasteiger partial charge is 0.452 e. The van der Waals surface area contributed by atoms with Crippen molar-refractivity contribution in [3.8, 4) is 0 Å². The van der Waals surface area contributed by atoms with Crippen LogP contribution in [0.25, 0.3) is 6.08 Å². The predicted octanol–water partition coefficient (Wildman–Crippen LogP) is 1.90. The summed E-state index contributed by atoms with van der Waals surface area (Å²) in [6.45, 7) is 0.00551. The molecule has 0 saturated heterocycles. The molecule has 2 heterocycles. The summed E-state index contributed by atoms with van der Waals surface area (Å²) in [6.07, 6.45) is 4.26. The van der Waals surface area contributed by atoms with Crippen molar-refractivity contribution in [2.45, 2.75) is 6.54 Å². The van der Waals surface area contributed by atoms with Crippen LogP contribution < -0.4 is 5.32 Å². The summed E-state index contributed by atoms with van der Waals surface area (Å²) in [4.78, 5) is 35.5. The number of esters is 1. The van der Waals surface area contributed by atoms with Gasteiger partial charge in [-0.3, -0.25) is 14.9 Å². The zero-order valence-electron chi connectivity index (χ0n) is 14.6. The SMILES string of the molecule is O=C(COC(=O)/C=C/c1cn(Cc2ccccc2)nn1)NC(=O)c1cccs1. The predicted molar refractivity (Wildman–Crippen MR) is 102 cm³/mol. The maximum atomic E-state index is 11.7. The van der Waals surface area contributed by atoms with Gasteiger partial charge in [-0.05, 0) is 23.1 Å². The number of amides is 2. The van der Waals surface area contributed by atoms with Gasteiger partial charge < -0.3 is 4.74 Å². The average molecular weight is 396 g/mol. The molecule has 2 aromatic heterocycles. The molecule has 9 heteroatoms. The lowest BCUT2D eigenvalue weighted by Gasteiger charge is -2.02. The van der Waals surface area contributed by atoms with Gasteiger partial charge in [0.1, 0.15) is 5.69 Å². The highest BCUT2D eigenvalue weighted by molar-refractivity contribution is 7.12. The molecule has 0 fully saturated rings. The van der Waals surface area contributed by atoms with Crippen LogP contribution in [-0.4, -0.2) is 39.4 Å². The zero-order valence-corrected chi connectivity index (χ0v) is 15.5. The second kappa shape index (κ2) is 9.38. The first-order valence-electron chi connectivity index (χ1n) is 8.27. The van der Waals surface area contributed by atoms with E-state index in [4.69, 9.17) is 4.74 Å². The number of nitrogens with zero attached hydrogens (tertiary/aromatic N) is 3. The highest BCUT2D eigenvalue weighted by Gasteiger charge is 2.12. The van der Waals surface area contributed by atoms with Crippen molar-refractivity contribution in [2.24, 2.45) is 0 Å². The number of thiophene rings is 1. The number of rotatable bonds is 7. The van der Waals surface area contributed by atoms with Crippen molar-refractivity contribution < 1.29 is 19.1 Å². The van der Waals surface area contributed by atoms with E-state index in [1.807, 2.05) is 30.3 Å². The molecular weight excluding hydrogens is 380 g/mol. The summed E-state index contributed by atoms with van der Waals surface area (Å²) in [6, 6.07) is 13.0. The van der Waals surface area contributed by atoms with Crippen molar-refractivity contribution in [1.82, 2.24) is 20.3 Å². The Bertz CT molecular complexity index is 981. The third kappa shape index (κ3) is 5.71. The number of carbonyl (C=O) groups is 3. The van der Waals surface area contributed by atoms with E-state index in [2.05, 4.69) is 15.6 Å². The van der Waals surface area contributed by atoms with E-state index in [1.54, 1.807) is 28.4 Å². The van der Waals surface area contributed by atoms with Gasteiger partial charge in [0.05, 0.1) is 17.6 Å². The summed E-state index contributed by atoms with van der Waals surface area (Å²) < 4.78 is 6.45. The average Bonchev–Trinajstić information content (AvgIpc) is 3.38. The molecule has 3 aromatic rings. The second-order valence-corrected chi connectivity index (χ2v) is 6.57. The second-order valence-electron chi connectivity index (χ2n) is 5.62. The first-order chi connectivity index (χ1) is 13.6. The minimum atomic E-state index is -0.726. The van der Waals surface area contributed by atoms with Gasteiger partial charge in [-0.15, -0.1) is 16.4 Å². The standard InChI is InChI=1S/C19H16N4O4S/c24-17(20-19(26)16-7-4-10-28-16)13-27-18(25)9-8-15-12-23(22-21-15)11-14-5-2-1-3-6-14/h1-10,12H,11,13H2,(H,20,24,26)/b9-8+. The molecule has 0 saturated carbocycles. The van der Waals surface area contributed by atoms with Crippen LogP contribution >= 0.6 is 11.3 Å². The van der Waals surface area contributed by atoms with Crippen LogP contribution in [0.4, 0.5) is 0 Å². The van der Waals surface area contributed by atoms with Gasteiger partial charge in [-0.1, -0.05) is 41.6 Å². The van der Waals surface area contributed by atoms with Crippen molar-refractivity contribution in [2.75, 3.05) is 6.61 Å². The molecular formula is C19H16N4O4S. The van der Waals surface area contributed by atoms with E-state index in [0.29, 0.717) is 17.1 Å². The molecule has 0 aliphatic rings. The van der Waals surface area contributed by atoms with Gasteiger partial charge in [-0.25, -0.2) is 9.48 Å². The Morgan fingerprint density at radius 1 is 1.14 bits per heavy atom. The zero-order chi connectivity index (χ0) is 19.8. The van der Waals surface area contributed by atoms with E-state index < -0.39 is 24.4 Å². The summed E-state index contributed by atoms with van der Waals surface area (Å²) >= 11 is 1.21. The lowest BCUT2D eigenvalue weighted by molar-refractivity contribution is -0.143. The third-order valence-electron chi connectivity index (χ3n) is 3.48. The van der Waals surface area contributed by atoms with Crippen LogP contribution in [0.15, 0.2) is 60.1 Å². The Morgan fingerprint density at radius 2 is 1.96 bits per heavy atom. The van der Waals surface area contributed by atoms with E-state index in [9.17, 15) is 14.4 Å². The number of hydrogen-bond donors (Lipinski definition) is 1. The van der Waals surface area contributed by atoms with Crippen molar-refractivity contribution in [3.05, 3.63) is 76.3 Å². The number of hydrogen-bond acceptors (Lipinski definition) is 7. The van der Waals surface area contributed by atoms with Crippen LogP contribution in [0.2, 0.25) is 0 Å². The topological polar surface area (TPSA) is 103 Å². The van der Waals surface area contributed by atoms with E-state index in [-0.39, 0.29) is 0 Å². The van der Waals surface area contributed by atoms with Gasteiger partial charge in [0.15, 0.2) is 6.61 Å². The molecule has 0 bridgehead atoms. The van der Waals surface area contributed by atoms with Crippen LogP contribution in [0, 0.1) is 0 Å². The molecule has 2 amide bonds. The molecule has 28 heavy (non-hydrogen) atoms. The molecule has 0 atom stereocenters. The molecule has 1 aromatic carbocycles. The fourth-order valence-electron chi connectivity index (χ4n) is 2.21. The molecule has 0 radical (unpaired) electrons. The lowest BCUT2D eigenvalue weighted by atomic mass is 10.2. The summed E-state index contributed by atoms with van der Waals surface area (Å²) in [5.41, 5.74) is 1.55.